The number of likely N-dealkylation sites (N-methyl/N-ethyl adjacent to an activating group) is 1. The Morgan fingerprint density at radius 3 is 2.72 bits per heavy atom. The van der Waals surface area contributed by atoms with Crippen molar-refractivity contribution in [3.8, 4) is 0 Å². The van der Waals surface area contributed by atoms with Gasteiger partial charge in [0.1, 0.15) is 5.82 Å². The highest BCUT2D eigenvalue weighted by molar-refractivity contribution is 9.10. The Morgan fingerprint density at radius 1 is 1.50 bits per heavy atom. The largest absolute Gasteiger partial charge is 0.449 e. The van der Waals surface area contributed by atoms with Crippen LogP contribution >= 0.6 is 15.9 Å². The summed E-state index contributed by atoms with van der Waals surface area (Å²) in [6.07, 6.45) is -0.894. The number of rotatable bonds is 4. The predicted octanol–water partition coefficient (Wildman–Crippen LogP) is 2.27. The molecule has 98 valence electrons. The summed E-state index contributed by atoms with van der Waals surface area (Å²) in [6.45, 7) is 3.70. The smallest absolute Gasteiger partial charge is 0.340 e. The maximum absolute atomic E-state index is 12.9. The molecule has 0 aromatic heterocycles. The van der Waals surface area contributed by atoms with E-state index in [9.17, 15) is 14.0 Å². The van der Waals surface area contributed by atoms with Crippen LogP contribution in [0.25, 0.3) is 0 Å². The zero-order valence-corrected chi connectivity index (χ0v) is 11.6. The Labute approximate surface area is 113 Å². The van der Waals surface area contributed by atoms with Gasteiger partial charge in [-0.1, -0.05) is 0 Å². The van der Waals surface area contributed by atoms with Gasteiger partial charge in [-0.25, -0.2) is 9.18 Å². The van der Waals surface area contributed by atoms with Gasteiger partial charge in [-0.05, 0) is 48.0 Å². The van der Waals surface area contributed by atoms with Gasteiger partial charge in [-0.3, -0.25) is 4.79 Å². The first-order valence-electron chi connectivity index (χ1n) is 5.39. The molecule has 0 aliphatic carbocycles. The number of hydrogen-bond acceptors (Lipinski definition) is 3. The SMILES string of the molecule is CCNC(=O)[C@H](C)OC(=O)c1ccc(F)cc1Br. The van der Waals surface area contributed by atoms with Gasteiger partial charge in [0.25, 0.3) is 5.91 Å². The molecule has 18 heavy (non-hydrogen) atoms. The van der Waals surface area contributed by atoms with Gasteiger partial charge >= 0.3 is 5.97 Å². The second kappa shape index (κ2) is 6.49. The number of carbonyl (C=O) groups excluding carboxylic acids is 2. The first-order chi connectivity index (χ1) is 8.45. The lowest BCUT2D eigenvalue weighted by Crippen LogP contribution is -2.35. The summed E-state index contributed by atoms with van der Waals surface area (Å²) < 4.78 is 18.1. The minimum atomic E-state index is -0.894. The first-order valence-corrected chi connectivity index (χ1v) is 6.18. The number of hydrogen-bond donors (Lipinski definition) is 1. The third-order valence-electron chi connectivity index (χ3n) is 2.16. The molecule has 0 heterocycles. The molecule has 0 unspecified atom stereocenters. The lowest BCUT2D eigenvalue weighted by molar-refractivity contribution is -0.128. The van der Waals surface area contributed by atoms with E-state index in [0.717, 1.165) is 12.1 Å². The van der Waals surface area contributed by atoms with E-state index in [-0.39, 0.29) is 15.9 Å². The number of ether oxygens (including phenoxy) is 1. The molecule has 4 nitrogen and oxygen atoms in total. The fourth-order valence-electron chi connectivity index (χ4n) is 1.25. The monoisotopic (exact) mass is 317 g/mol. The van der Waals surface area contributed by atoms with Crippen LogP contribution in [0.5, 0.6) is 0 Å². The third-order valence-corrected chi connectivity index (χ3v) is 2.81. The zero-order valence-electron chi connectivity index (χ0n) is 10.00. The summed E-state index contributed by atoms with van der Waals surface area (Å²) in [5.74, 6) is -1.51. The molecule has 1 amide bonds. The number of nitrogens with one attached hydrogen (secondary N) is 1. The van der Waals surface area contributed by atoms with Gasteiger partial charge in [0.15, 0.2) is 6.10 Å². The quantitative estimate of drug-likeness (QED) is 0.867. The van der Waals surface area contributed by atoms with Crippen molar-refractivity contribution >= 4 is 27.8 Å². The molecule has 1 aromatic rings. The van der Waals surface area contributed by atoms with Crippen LogP contribution in [0.3, 0.4) is 0 Å². The molecule has 1 rings (SSSR count). The number of halogens is 2. The standard InChI is InChI=1S/C12H13BrFNO3/c1-3-15-11(16)7(2)18-12(17)9-5-4-8(14)6-10(9)13/h4-7H,3H2,1-2H3,(H,15,16)/t7-/m0/s1. The average Bonchev–Trinajstić information content (AvgIpc) is 2.28. The van der Waals surface area contributed by atoms with Crippen LogP contribution in [0.4, 0.5) is 4.39 Å². The van der Waals surface area contributed by atoms with Crippen LogP contribution in [-0.2, 0) is 9.53 Å². The number of benzene rings is 1. The Kier molecular flexibility index (Phi) is 5.27. The summed E-state index contributed by atoms with van der Waals surface area (Å²) in [6, 6.07) is 3.61. The normalized spacial score (nSPS) is 11.8. The summed E-state index contributed by atoms with van der Waals surface area (Å²) >= 11 is 3.06. The molecule has 0 fully saturated rings. The molecular weight excluding hydrogens is 305 g/mol. The van der Waals surface area contributed by atoms with Crippen LogP contribution in [0.2, 0.25) is 0 Å². The second-order valence-electron chi connectivity index (χ2n) is 3.57. The first kappa shape index (κ1) is 14.6. The van der Waals surface area contributed by atoms with Crippen molar-refractivity contribution in [2.45, 2.75) is 20.0 Å². The minimum Gasteiger partial charge on any atom is -0.449 e. The van der Waals surface area contributed by atoms with E-state index in [1.165, 1.54) is 13.0 Å². The molecule has 1 N–H and O–H groups in total. The van der Waals surface area contributed by atoms with Crippen molar-refractivity contribution in [3.05, 3.63) is 34.1 Å². The summed E-state index contributed by atoms with van der Waals surface area (Å²) in [4.78, 5) is 23.1. The molecule has 1 atom stereocenters. The molecule has 0 aliphatic rings. The van der Waals surface area contributed by atoms with E-state index in [0.29, 0.717) is 6.54 Å². The zero-order chi connectivity index (χ0) is 13.7. The Hall–Kier alpha value is -1.43. The summed E-state index contributed by atoms with van der Waals surface area (Å²) in [5.41, 5.74) is 0.174. The van der Waals surface area contributed by atoms with E-state index in [1.807, 2.05) is 0 Å². The second-order valence-corrected chi connectivity index (χ2v) is 4.42. The van der Waals surface area contributed by atoms with Crippen LogP contribution in [0.15, 0.2) is 22.7 Å². The summed E-state index contributed by atoms with van der Waals surface area (Å²) in [7, 11) is 0. The molecule has 0 aliphatic heterocycles. The van der Waals surface area contributed by atoms with Gasteiger partial charge < -0.3 is 10.1 Å². The lowest BCUT2D eigenvalue weighted by atomic mass is 10.2. The van der Waals surface area contributed by atoms with E-state index in [4.69, 9.17) is 4.74 Å². The van der Waals surface area contributed by atoms with Crippen LogP contribution in [0.1, 0.15) is 24.2 Å². The van der Waals surface area contributed by atoms with Gasteiger partial charge in [-0.2, -0.15) is 0 Å². The van der Waals surface area contributed by atoms with Crippen LogP contribution in [-0.4, -0.2) is 24.5 Å². The molecule has 1 aromatic carbocycles. The van der Waals surface area contributed by atoms with Crippen molar-refractivity contribution in [1.82, 2.24) is 5.32 Å². The predicted molar refractivity (Wildman–Crippen MR) is 67.7 cm³/mol. The highest BCUT2D eigenvalue weighted by Crippen LogP contribution is 2.19. The number of amides is 1. The molecule has 0 bridgehead atoms. The van der Waals surface area contributed by atoms with Crippen molar-refractivity contribution in [1.29, 1.82) is 0 Å². The lowest BCUT2D eigenvalue weighted by Gasteiger charge is -2.13. The summed E-state index contributed by atoms with van der Waals surface area (Å²) in [5, 5.41) is 2.54. The van der Waals surface area contributed by atoms with Gasteiger partial charge in [0.05, 0.1) is 5.56 Å². The van der Waals surface area contributed by atoms with Gasteiger partial charge in [-0.15, -0.1) is 0 Å². The Bertz CT molecular complexity index is 465. The minimum absolute atomic E-state index is 0.174. The Balaban J connectivity index is 2.73. The van der Waals surface area contributed by atoms with Crippen molar-refractivity contribution in [2.75, 3.05) is 6.54 Å². The highest BCUT2D eigenvalue weighted by Gasteiger charge is 2.19. The fraction of sp³-hybridized carbons (Fsp3) is 0.333. The number of esters is 1. The van der Waals surface area contributed by atoms with E-state index >= 15 is 0 Å². The molecule has 0 saturated carbocycles. The molecular formula is C12H13BrFNO3. The molecule has 6 heteroatoms. The van der Waals surface area contributed by atoms with Crippen molar-refractivity contribution < 1.29 is 18.7 Å². The molecule has 0 radical (unpaired) electrons. The van der Waals surface area contributed by atoms with Crippen molar-refractivity contribution in [2.24, 2.45) is 0 Å². The Morgan fingerprint density at radius 2 is 2.17 bits per heavy atom. The fourth-order valence-corrected chi connectivity index (χ4v) is 1.76. The highest BCUT2D eigenvalue weighted by atomic mass is 79.9. The van der Waals surface area contributed by atoms with Crippen LogP contribution < -0.4 is 5.32 Å². The van der Waals surface area contributed by atoms with Crippen LogP contribution in [0, 0.1) is 5.82 Å². The molecule has 0 saturated heterocycles. The van der Waals surface area contributed by atoms with E-state index < -0.39 is 17.9 Å². The van der Waals surface area contributed by atoms with E-state index in [2.05, 4.69) is 21.2 Å². The third kappa shape index (κ3) is 3.80. The average molecular weight is 318 g/mol. The maximum atomic E-state index is 12.9. The maximum Gasteiger partial charge on any atom is 0.340 e. The number of carbonyl (C=O) groups is 2. The van der Waals surface area contributed by atoms with Gasteiger partial charge in [0.2, 0.25) is 0 Å². The van der Waals surface area contributed by atoms with Gasteiger partial charge in [0, 0.05) is 11.0 Å². The topological polar surface area (TPSA) is 55.4 Å². The molecule has 0 spiro atoms. The van der Waals surface area contributed by atoms with Crippen molar-refractivity contribution in [3.63, 3.8) is 0 Å². The van der Waals surface area contributed by atoms with E-state index in [1.54, 1.807) is 6.92 Å².